The molecule has 1 saturated carbocycles. The van der Waals surface area contributed by atoms with Crippen molar-refractivity contribution in [3.63, 3.8) is 0 Å². The average molecular weight is 124 g/mol. The number of hydrogen-bond donors (Lipinski definition) is 0. The second kappa shape index (κ2) is 1.98. The maximum absolute atomic E-state index is 3.97. The molecule has 0 aromatic carbocycles. The summed E-state index contributed by atoms with van der Waals surface area (Å²) >= 11 is 0. The van der Waals surface area contributed by atoms with Gasteiger partial charge in [-0.25, -0.2) is 0 Å². The standard InChI is InChI=1S/C8H14N/c1-9-5-7-2-3-8(4-7)6-9/h7-8H,1-6H2. The summed E-state index contributed by atoms with van der Waals surface area (Å²) in [5.74, 6) is 2.00. The van der Waals surface area contributed by atoms with E-state index in [0.29, 0.717) is 0 Å². The molecular formula is C8H14N. The van der Waals surface area contributed by atoms with Crippen LogP contribution < -0.4 is 0 Å². The molecule has 1 aliphatic carbocycles. The van der Waals surface area contributed by atoms with Crippen molar-refractivity contribution in [2.45, 2.75) is 19.3 Å². The minimum Gasteiger partial charge on any atom is -0.302 e. The monoisotopic (exact) mass is 124 g/mol. The summed E-state index contributed by atoms with van der Waals surface area (Å²) in [5, 5.41) is 0. The van der Waals surface area contributed by atoms with Gasteiger partial charge in [-0.1, -0.05) is 0 Å². The van der Waals surface area contributed by atoms with E-state index < -0.39 is 0 Å². The molecule has 2 rings (SSSR count). The molecule has 1 nitrogen and oxygen atoms in total. The van der Waals surface area contributed by atoms with E-state index in [9.17, 15) is 0 Å². The highest BCUT2D eigenvalue weighted by Gasteiger charge is 2.30. The van der Waals surface area contributed by atoms with E-state index in [1.54, 1.807) is 0 Å². The largest absolute Gasteiger partial charge is 0.302 e. The molecule has 0 aromatic heterocycles. The van der Waals surface area contributed by atoms with Gasteiger partial charge in [0.1, 0.15) is 0 Å². The fraction of sp³-hybridized carbons (Fsp3) is 0.875. The molecule has 0 aromatic rings. The molecule has 1 heterocycles. The van der Waals surface area contributed by atoms with E-state index >= 15 is 0 Å². The van der Waals surface area contributed by atoms with Gasteiger partial charge in [-0.05, 0) is 31.1 Å². The van der Waals surface area contributed by atoms with Gasteiger partial charge in [-0.3, -0.25) is 0 Å². The Hall–Kier alpha value is -0.0400. The van der Waals surface area contributed by atoms with E-state index in [4.69, 9.17) is 0 Å². The first-order valence-corrected chi connectivity index (χ1v) is 3.90. The van der Waals surface area contributed by atoms with Crippen LogP contribution in [0.3, 0.4) is 0 Å². The molecule has 2 atom stereocenters. The first-order chi connectivity index (χ1) is 4.34. The highest BCUT2D eigenvalue weighted by atomic mass is 15.1. The Morgan fingerprint density at radius 1 is 1.11 bits per heavy atom. The topological polar surface area (TPSA) is 3.24 Å². The molecule has 1 aliphatic heterocycles. The molecule has 2 aliphatic rings. The van der Waals surface area contributed by atoms with Crippen LogP contribution in [0.25, 0.3) is 0 Å². The van der Waals surface area contributed by atoms with E-state index in [1.165, 1.54) is 32.4 Å². The summed E-state index contributed by atoms with van der Waals surface area (Å²) < 4.78 is 0. The van der Waals surface area contributed by atoms with Crippen LogP contribution >= 0.6 is 0 Å². The zero-order chi connectivity index (χ0) is 6.27. The van der Waals surface area contributed by atoms with Gasteiger partial charge in [0, 0.05) is 20.1 Å². The van der Waals surface area contributed by atoms with Gasteiger partial charge in [0.2, 0.25) is 0 Å². The first kappa shape index (κ1) is 5.72. The van der Waals surface area contributed by atoms with Gasteiger partial charge in [0.25, 0.3) is 0 Å². The number of hydrogen-bond acceptors (Lipinski definition) is 1. The van der Waals surface area contributed by atoms with Crippen molar-refractivity contribution in [1.82, 2.24) is 4.90 Å². The van der Waals surface area contributed by atoms with Crippen LogP contribution in [0.1, 0.15) is 19.3 Å². The highest BCUT2D eigenvalue weighted by Crippen LogP contribution is 2.35. The lowest BCUT2D eigenvalue weighted by atomic mass is 10.00. The fourth-order valence-electron chi connectivity index (χ4n) is 2.31. The lowest BCUT2D eigenvalue weighted by Gasteiger charge is -2.27. The Balaban J connectivity index is 2.03. The van der Waals surface area contributed by atoms with Gasteiger partial charge in [0.05, 0.1) is 0 Å². The van der Waals surface area contributed by atoms with E-state index in [2.05, 4.69) is 11.9 Å². The van der Waals surface area contributed by atoms with Crippen molar-refractivity contribution >= 4 is 0 Å². The van der Waals surface area contributed by atoms with E-state index in [-0.39, 0.29) is 0 Å². The molecule has 0 amide bonds. The van der Waals surface area contributed by atoms with Crippen LogP contribution in [0.4, 0.5) is 0 Å². The number of fused-ring (bicyclic) bond motifs is 2. The predicted octanol–water partition coefficient (Wildman–Crippen LogP) is 1.51. The Kier molecular flexibility index (Phi) is 1.26. The summed E-state index contributed by atoms with van der Waals surface area (Å²) in [5.41, 5.74) is 0. The van der Waals surface area contributed by atoms with Crippen molar-refractivity contribution in [1.29, 1.82) is 0 Å². The molecule has 2 fully saturated rings. The van der Waals surface area contributed by atoms with Crippen LogP contribution in [0.2, 0.25) is 0 Å². The predicted molar refractivity (Wildman–Crippen MR) is 37.8 cm³/mol. The smallest absolute Gasteiger partial charge is 0.0110 e. The molecule has 51 valence electrons. The Morgan fingerprint density at radius 3 is 2.22 bits per heavy atom. The number of nitrogens with zero attached hydrogens (tertiary/aromatic N) is 1. The van der Waals surface area contributed by atoms with Crippen molar-refractivity contribution < 1.29 is 0 Å². The molecule has 2 bridgehead atoms. The zero-order valence-corrected chi connectivity index (χ0v) is 5.84. The molecule has 1 saturated heterocycles. The Morgan fingerprint density at radius 2 is 1.67 bits per heavy atom. The molecular weight excluding hydrogens is 110 g/mol. The zero-order valence-electron chi connectivity index (χ0n) is 5.84. The molecule has 0 spiro atoms. The van der Waals surface area contributed by atoms with E-state index in [0.717, 1.165) is 11.8 Å². The number of rotatable bonds is 0. The lowest BCUT2D eigenvalue weighted by Crippen LogP contribution is -2.31. The van der Waals surface area contributed by atoms with Gasteiger partial charge >= 0.3 is 0 Å². The minimum absolute atomic E-state index is 1.00. The molecule has 1 radical (unpaired) electrons. The second-order valence-corrected chi connectivity index (χ2v) is 3.58. The average Bonchev–Trinajstić information content (AvgIpc) is 2.11. The highest BCUT2D eigenvalue weighted by molar-refractivity contribution is 4.85. The fourth-order valence-corrected chi connectivity index (χ4v) is 2.31. The number of likely N-dealkylation sites (tertiary alicyclic amines) is 1. The Bertz CT molecular complexity index is 99.1. The van der Waals surface area contributed by atoms with Gasteiger partial charge in [-0.15, -0.1) is 0 Å². The quantitative estimate of drug-likeness (QED) is 0.473. The molecule has 2 unspecified atom stereocenters. The van der Waals surface area contributed by atoms with Crippen molar-refractivity contribution in [3.8, 4) is 0 Å². The Labute approximate surface area is 57.0 Å². The third kappa shape index (κ3) is 0.983. The summed E-state index contributed by atoms with van der Waals surface area (Å²) in [6.07, 6.45) is 4.43. The van der Waals surface area contributed by atoms with Crippen LogP contribution in [-0.2, 0) is 0 Å². The van der Waals surface area contributed by atoms with Crippen molar-refractivity contribution in [2.75, 3.05) is 13.1 Å². The third-order valence-electron chi connectivity index (χ3n) is 2.68. The second-order valence-electron chi connectivity index (χ2n) is 3.58. The first-order valence-electron chi connectivity index (χ1n) is 3.90. The summed E-state index contributed by atoms with van der Waals surface area (Å²) in [7, 11) is 3.97. The van der Waals surface area contributed by atoms with E-state index in [1.807, 2.05) is 0 Å². The van der Waals surface area contributed by atoms with Crippen molar-refractivity contribution in [3.05, 3.63) is 7.05 Å². The maximum Gasteiger partial charge on any atom is 0.0110 e. The minimum atomic E-state index is 1.00. The molecule has 0 N–H and O–H groups in total. The van der Waals surface area contributed by atoms with Gasteiger partial charge in [0.15, 0.2) is 0 Å². The summed E-state index contributed by atoms with van der Waals surface area (Å²) in [6, 6.07) is 0. The van der Waals surface area contributed by atoms with Crippen LogP contribution in [-0.4, -0.2) is 18.0 Å². The van der Waals surface area contributed by atoms with Crippen molar-refractivity contribution in [2.24, 2.45) is 11.8 Å². The maximum atomic E-state index is 3.97. The third-order valence-corrected chi connectivity index (χ3v) is 2.68. The molecule has 9 heavy (non-hydrogen) atoms. The summed E-state index contributed by atoms with van der Waals surface area (Å²) in [4.78, 5) is 2.24. The van der Waals surface area contributed by atoms with Crippen LogP contribution in [0.5, 0.6) is 0 Å². The normalized spacial score (nSPS) is 43.7. The number of piperidine rings is 1. The van der Waals surface area contributed by atoms with Gasteiger partial charge in [-0.2, -0.15) is 0 Å². The summed E-state index contributed by atoms with van der Waals surface area (Å²) in [6.45, 7) is 2.52. The SMILES string of the molecule is [CH2]N1CC2CCC(C2)C1. The van der Waals surface area contributed by atoms with Crippen LogP contribution in [0.15, 0.2) is 0 Å². The molecule has 1 heteroatoms. The van der Waals surface area contributed by atoms with Crippen LogP contribution in [0, 0.1) is 18.9 Å². The lowest BCUT2D eigenvalue weighted by molar-refractivity contribution is 0.224. The van der Waals surface area contributed by atoms with Gasteiger partial charge < -0.3 is 4.90 Å².